The molecular weight excluding hydrogens is 244 g/mol. The van der Waals surface area contributed by atoms with E-state index in [1.54, 1.807) is 0 Å². The summed E-state index contributed by atoms with van der Waals surface area (Å²) >= 11 is 0. The van der Waals surface area contributed by atoms with Crippen LogP contribution in [0.25, 0.3) is 0 Å². The van der Waals surface area contributed by atoms with Crippen molar-refractivity contribution in [2.45, 2.75) is 50.4 Å². The van der Waals surface area contributed by atoms with Crippen molar-refractivity contribution < 1.29 is 4.79 Å². The first-order valence-corrected chi connectivity index (χ1v) is 8.03. The van der Waals surface area contributed by atoms with Gasteiger partial charge in [-0.2, -0.15) is 0 Å². The maximum atomic E-state index is 12.4. The second-order valence-corrected chi connectivity index (χ2v) is 7.14. The average molecular weight is 266 g/mol. The van der Waals surface area contributed by atoms with E-state index >= 15 is 0 Å². The molecule has 0 saturated heterocycles. The molecule has 0 bridgehead atoms. The van der Waals surface area contributed by atoms with Gasteiger partial charge in [0.1, 0.15) is 0 Å². The normalized spacial score (nSPS) is 34.6. The Hall–Kier alpha value is -1.37. The van der Waals surface area contributed by atoms with E-state index in [0.717, 1.165) is 6.42 Å². The van der Waals surface area contributed by atoms with E-state index in [4.69, 9.17) is 0 Å². The van der Waals surface area contributed by atoms with Crippen LogP contribution in [-0.2, 0) is 10.2 Å². The highest BCUT2D eigenvalue weighted by molar-refractivity contribution is 5.97. The number of carbonyl (C=O) groups excluding carboxylic acids is 1. The van der Waals surface area contributed by atoms with Gasteiger partial charge in [0.25, 0.3) is 0 Å². The van der Waals surface area contributed by atoms with E-state index in [9.17, 15) is 4.79 Å². The Kier molecular flexibility index (Phi) is 2.67. The van der Waals surface area contributed by atoms with Gasteiger partial charge in [0.2, 0.25) is 0 Å². The first kappa shape index (κ1) is 12.4. The van der Waals surface area contributed by atoms with Crippen LogP contribution in [0.15, 0.2) is 42.5 Å². The Bertz CT molecular complexity index is 550. The van der Waals surface area contributed by atoms with E-state index in [0.29, 0.717) is 11.2 Å². The van der Waals surface area contributed by atoms with E-state index in [1.807, 2.05) is 6.08 Å². The van der Waals surface area contributed by atoms with Crippen molar-refractivity contribution in [2.24, 2.45) is 11.3 Å². The predicted octanol–water partition coefficient (Wildman–Crippen LogP) is 4.42. The summed E-state index contributed by atoms with van der Waals surface area (Å²) in [6, 6.07) is 10.7. The third-order valence-corrected chi connectivity index (χ3v) is 6.04. The van der Waals surface area contributed by atoms with Crippen molar-refractivity contribution in [3.8, 4) is 0 Å². The third-order valence-electron chi connectivity index (χ3n) is 6.04. The zero-order valence-corrected chi connectivity index (χ0v) is 12.0. The average Bonchev–Trinajstić information content (AvgIpc) is 2.96. The maximum Gasteiger partial charge on any atom is 0.159 e. The quantitative estimate of drug-likeness (QED) is 0.735. The summed E-state index contributed by atoms with van der Waals surface area (Å²) in [5.41, 5.74) is 1.81. The SMILES string of the molecule is O=C1C=C[C@]2(c3ccccc3)CC3(CCCCC3)C[C@H]12. The van der Waals surface area contributed by atoms with Gasteiger partial charge in [-0.3, -0.25) is 4.79 Å². The number of fused-ring (bicyclic) bond motifs is 1. The van der Waals surface area contributed by atoms with E-state index in [-0.39, 0.29) is 11.3 Å². The Labute approximate surface area is 121 Å². The van der Waals surface area contributed by atoms with Gasteiger partial charge in [0.15, 0.2) is 5.78 Å². The lowest BCUT2D eigenvalue weighted by atomic mass is 9.69. The summed E-state index contributed by atoms with van der Waals surface area (Å²) in [4.78, 5) is 12.4. The molecule has 20 heavy (non-hydrogen) atoms. The van der Waals surface area contributed by atoms with Crippen LogP contribution in [0.5, 0.6) is 0 Å². The molecular formula is C19H22O. The molecule has 1 aromatic carbocycles. The molecule has 3 aliphatic rings. The maximum absolute atomic E-state index is 12.4. The standard InChI is InChI=1S/C19H22O/c20-17-9-12-19(15-7-3-1-4-8-15)14-18(13-16(17)19)10-5-2-6-11-18/h1,3-4,7-9,12,16H,2,5-6,10-11,13-14H2/t16-,19-/m1/s1. The molecule has 0 radical (unpaired) electrons. The zero-order chi connectivity index (χ0) is 13.6. The van der Waals surface area contributed by atoms with Crippen LogP contribution in [-0.4, -0.2) is 5.78 Å². The molecule has 3 aliphatic carbocycles. The lowest BCUT2D eigenvalue weighted by Gasteiger charge is -2.35. The van der Waals surface area contributed by atoms with Gasteiger partial charge in [0.05, 0.1) is 0 Å². The summed E-state index contributed by atoms with van der Waals surface area (Å²) in [5, 5.41) is 0. The van der Waals surface area contributed by atoms with Crippen LogP contribution < -0.4 is 0 Å². The first-order chi connectivity index (χ1) is 9.74. The van der Waals surface area contributed by atoms with E-state index in [2.05, 4.69) is 36.4 Å². The van der Waals surface area contributed by atoms with Gasteiger partial charge in [-0.1, -0.05) is 55.7 Å². The molecule has 104 valence electrons. The molecule has 0 aliphatic heterocycles. The monoisotopic (exact) mass is 266 g/mol. The highest BCUT2D eigenvalue weighted by Gasteiger charge is 2.57. The Morgan fingerprint density at radius 2 is 1.75 bits per heavy atom. The third kappa shape index (κ3) is 1.65. The van der Waals surface area contributed by atoms with Crippen molar-refractivity contribution >= 4 is 5.78 Å². The molecule has 4 rings (SSSR count). The van der Waals surface area contributed by atoms with Crippen molar-refractivity contribution in [2.75, 3.05) is 0 Å². The van der Waals surface area contributed by atoms with Gasteiger partial charge in [-0.15, -0.1) is 0 Å². The number of rotatable bonds is 1. The molecule has 1 spiro atoms. The second-order valence-electron chi connectivity index (χ2n) is 7.14. The van der Waals surface area contributed by atoms with Crippen molar-refractivity contribution in [3.05, 3.63) is 48.0 Å². The zero-order valence-electron chi connectivity index (χ0n) is 12.0. The van der Waals surface area contributed by atoms with Crippen LogP contribution in [0.1, 0.15) is 50.5 Å². The Morgan fingerprint density at radius 1 is 1.00 bits per heavy atom. The van der Waals surface area contributed by atoms with Crippen molar-refractivity contribution in [3.63, 3.8) is 0 Å². The molecule has 2 fully saturated rings. The molecule has 1 aromatic rings. The topological polar surface area (TPSA) is 17.1 Å². The Balaban J connectivity index is 1.77. The molecule has 2 atom stereocenters. The second kappa shape index (κ2) is 4.31. The number of carbonyl (C=O) groups is 1. The minimum atomic E-state index is 0.00961. The van der Waals surface area contributed by atoms with Gasteiger partial charge in [-0.25, -0.2) is 0 Å². The summed E-state index contributed by atoms with van der Waals surface area (Å²) < 4.78 is 0. The molecule has 0 unspecified atom stereocenters. The molecule has 1 nitrogen and oxygen atoms in total. The Morgan fingerprint density at radius 3 is 2.50 bits per heavy atom. The number of allylic oxidation sites excluding steroid dienone is 2. The van der Waals surface area contributed by atoms with Crippen molar-refractivity contribution in [1.29, 1.82) is 0 Å². The summed E-state index contributed by atoms with van der Waals surface area (Å²) in [5.74, 6) is 0.583. The minimum absolute atomic E-state index is 0.00961. The molecule has 2 saturated carbocycles. The molecule has 0 amide bonds. The number of hydrogen-bond acceptors (Lipinski definition) is 1. The van der Waals surface area contributed by atoms with Crippen LogP contribution in [0.2, 0.25) is 0 Å². The number of benzene rings is 1. The van der Waals surface area contributed by atoms with Gasteiger partial charge in [0, 0.05) is 11.3 Å². The van der Waals surface area contributed by atoms with Gasteiger partial charge < -0.3 is 0 Å². The lowest BCUT2D eigenvalue weighted by Crippen LogP contribution is -2.28. The van der Waals surface area contributed by atoms with E-state index in [1.165, 1.54) is 44.1 Å². The lowest BCUT2D eigenvalue weighted by molar-refractivity contribution is -0.118. The number of ketones is 1. The predicted molar refractivity (Wildman–Crippen MR) is 80.5 cm³/mol. The molecule has 1 heteroatoms. The molecule has 0 heterocycles. The summed E-state index contributed by atoms with van der Waals surface area (Å²) in [7, 11) is 0. The summed E-state index contributed by atoms with van der Waals surface area (Å²) in [6.45, 7) is 0. The fourth-order valence-corrected chi connectivity index (χ4v) is 5.14. The van der Waals surface area contributed by atoms with Crippen LogP contribution >= 0.6 is 0 Å². The molecule has 0 aromatic heterocycles. The minimum Gasteiger partial charge on any atom is -0.295 e. The van der Waals surface area contributed by atoms with Gasteiger partial charge in [-0.05, 0) is 42.7 Å². The highest BCUT2D eigenvalue weighted by atomic mass is 16.1. The van der Waals surface area contributed by atoms with Crippen LogP contribution in [0.3, 0.4) is 0 Å². The smallest absolute Gasteiger partial charge is 0.159 e. The number of hydrogen-bond donors (Lipinski definition) is 0. The van der Waals surface area contributed by atoms with E-state index < -0.39 is 0 Å². The first-order valence-electron chi connectivity index (χ1n) is 8.03. The van der Waals surface area contributed by atoms with Crippen LogP contribution in [0, 0.1) is 11.3 Å². The summed E-state index contributed by atoms with van der Waals surface area (Å²) in [6.07, 6.45) is 13.2. The van der Waals surface area contributed by atoms with Crippen molar-refractivity contribution in [1.82, 2.24) is 0 Å². The van der Waals surface area contributed by atoms with Crippen LogP contribution in [0.4, 0.5) is 0 Å². The highest BCUT2D eigenvalue weighted by Crippen LogP contribution is 2.62. The van der Waals surface area contributed by atoms with Gasteiger partial charge >= 0.3 is 0 Å². The largest absolute Gasteiger partial charge is 0.295 e. The fourth-order valence-electron chi connectivity index (χ4n) is 5.14. The fraction of sp³-hybridized carbons (Fsp3) is 0.526. The molecule has 0 N–H and O–H groups in total.